The van der Waals surface area contributed by atoms with Crippen molar-refractivity contribution in [1.29, 1.82) is 0 Å². The number of aromatic nitrogens is 1. The van der Waals surface area contributed by atoms with Gasteiger partial charge in [-0.2, -0.15) is 0 Å². The molecule has 2 atom stereocenters. The quantitative estimate of drug-likeness (QED) is 0.255. The maximum Gasteiger partial charge on any atom is 0.407 e. The zero-order valence-electron chi connectivity index (χ0n) is 26.9. The molecule has 2 unspecified atom stereocenters. The first-order valence-corrected chi connectivity index (χ1v) is 16.2. The minimum absolute atomic E-state index is 0.102. The molecule has 0 spiro atoms. The van der Waals surface area contributed by atoms with Crippen LogP contribution >= 0.6 is 0 Å². The lowest BCUT2D eigenvalue weighted by Gasteiger charge is -2.29. The van der Waals surface area contributed by atoms with Crippen LogP contribution in [0.3, 0.4) is 0 Å². The molecule has 2 N–H and O–H groups in total. The third-order valence-electron chi connectivity index (χ3n) is 9.33. The van der Waals surface area contributed by atoms with E-state index < -0.39 is 11.7 Å². The standard InChI is InChI=1S/C36H41N5O5/c1-36(2,3)46-35(44)38-24-14-17-40(20-24)28-12-11-26-31-33(28)45-30-19-23-9-6-5-8-22(23)18-29(30)41(31)21-27(32(26)42)34(43)37-15-13-25-10-7-16-39(25)4/h5-6,8-9,11-12,18-19,21,24-25H,7,10,13-17,20H2,1-4H3,(H,37,43)(H,38,44). The lowest BCUT2D eigenvalue weighted by Crippen LogP contribution is -2.40. The fraction of sp³-hybridized carbons (Fsp3) is 0.417. The molecular weight excluding hydrogens is 582 g/mol. The van der Waals surface area contributed by atoms with Crippen molar-refractivity contribution in [3.63, 3.8) is 0 Å². The summed E-state index contributed by atoms with van der Waals surface area (Å²) in [5.41, 5.74) is 1.41. The Morgan fingerprint density at radius 3 is 2.54 bits per heavy atom. The van der Waals surface area contributed by atoms with Crippen LogP contribution in [0.15, 0.2) is 59.5 Å². The van der Waals surface area contributed by atoms with Gasteiger partial charge >= 0.3 is 6.09 Å². The summed E-state index contributed by atoms with van der Waals surface area (Å²) in [5, 5.41) is 8.48. The van der Waals surface area contributed by atoms with Gasteiger partial charge in [0.2, 0.25) is 5.43 Å². The van der Waals surface area contributed by atoms with Crippen LogP contribution in [-0.2, 0) is 4.74 Å². The topological polar surface area (TPSA) is 105 Å². The molecule has 240 valence electrons. The summed E-state index contributed by atoms with van der Waals surface area (Å²) in [6, 6.07) is 16.1. The Morgan fingerprint density at radius 1 is 1.02 bits per heavy atom. The van der Waals surface area contributed by atoms with Gasteiger partial charge in [0.25, 0.3) is 5.91 Å². The molecule has 2 fully saturated rings. The first-order valence-electron chi connectivity index (χ1n) is 16.2. The zero-order valence-corrected chi connectivity index (χ0v) is 26.9. The number of nitrogens with one attached hydrogen (secondary N) is 2. The Kier molecular flexibility index (Phi) is 7.63. The number of amides is 2. The van der Waals surface area contributed by atoms with Crippen molar-refractivity contribution in [2.75, 3.05) is 38.1 Å². The van der Waals surface area contributed by atoms with Gasteiger partial charge in [-0.1, -0.05) is 24.3 Å². The number of alkyl carbamates (subject to hydrolysis) is 1. The van der Waals surface area contributed by atoms with E-state index in [-0.39, 0.29) is 22.9 Å². The van der Waals surface area contributed by atoms with Crippen LogP contribution in [-0.4, -0.2) is 72.4 Å². The number of likely N-dealkylation sites (tertiary alicyclic amines) is 1. The Balaban J connectivity index is 1.25. The van der Waals surface area contributed by atoms with E-state index in [1.165, 1.54) is 6.42 Å². The molecule has 0 bridgehead atoms. The molecular formula is C36H41N5O5. The van der Waals surface area contributed by atoms with Crippen molar-refractivity contribution < 1.29 is 19.1 Å². The van der Waals surface area contributed by atoms with Crippen molar-refractivity contribution in [2.24, 2.45) is 0 Å². The molecule has 10 heteroatoms. The minimum atomic E-state index is -0.581. The highest BCUT2D eigenvalue weighted by Crippen LogP contribution is 2.46. The average molecular weight is 624 g/mol. The van der Waals surface area contributed by atoms with Crippen LogP contribution < -0.4 is 25.7 Å². The van der Waals surface area contributed by atoms with Gasteiger partial charge in [-0.15, -0.1) is 0 Å². The van der Waals surface area contributed by atoms with Crippen molar-refractivity contribution in [2.45, 2.75) is 64.1 Å². The second-order valence-corrected chi connectivity index (χ2v) is 13.7. The number of fused-ring (bicyclic) bond motifs is 3. The lowest BCUT2D eigenvalue weighted by molar-refractivity contribution is 0.0508. The predicted molar refractivity (Wildman–Crippen MR) is 180 cm³/mol. The largest absolute Gasteiger partial charge is 0.451 e. The van der Waals surface area contributed by atoms with Crippen LogP contribution in [0.2, 0.25) is 0 Å². The second-order valence-electron chi connectivity index (χ2n) is 13.7. The molecule has 3 aliphatic heterocycles. The molecule has 2 saturated heterocycles. The van der Waals surface area contributed by atoms with Gasteiger partial charge in [0, 0.05) is 31.9 Å². The normalized spacial score (nSPS) is 19.3. The molecule has 2 amide bonds. The van der Waals surface area contributed by atoms with Gasteiger partial charge in [-0.3, -0.25) is 9.59 Å². The van der Waals surface area contributed by atoms with Gasteiger partial charge in [0.05, 0.1) is 22.8 Å². The van der Waals surface area contributed by atoms with Gasteiger partial charge in [0.1, 0.15) is 16.7 Å². The van der Waals surface area contributed by atoms with Crippen LogP contribution in [0.4, 0.5) is 10.5 Å². The minimum Gasteiger partial charge on any atom is -0.451 e. The summed E-state index contributed by atoms with van der Waals surface area (Å²) >= 11 is 0. The molecule has 4 aromatic rings. The fourth-order valence-corrected chi connectivity index (χ4v) is 7.03. The number of rotatable bonds is 6. The third kappa shape index (κ3) is 5.66. The third-order valence-corrected chi connectivity index (χ3v) is 9.33. The Bertz CT molecular complexity index is 1910. The first-order chi connectivity index (χ1) is 22.1. The number of nitrogens with zero attached hydrogens (tertiary/aromatic N) is 3. The molecule has 0 aliphatic carbocycles. The molecule has 1 aromatic heterocycles. The van der Waals surface area contributed by atoms with Crippen molar-refractivity contribution in [3.05, 3.63) is 70.5 Å². The average Bonchev–Trinajstić information content (AvgIpc) is 3.64. The smallest absolute Gasteiger partial charge is 0.407 e. The van der Waals surface area contributed by atoms with Gasteiger partial charge in [-0.05, 0) is 95.1 Å². The number of anilines is 1. The number of ether oxygens (including phenoxy) is 2. The molecule has 4 heterocycles. The van der Waals surface area contributed by atoms with Crippen molar-refractivity contribution in [3.8, 4) is 17.2 Å². The van der Waals surface area contributed by atoms with E-state index in [9.17, 15) is 14.4 Å². The summed E-state index contributed by atoms with van der Waals surface area (Å²) in [6.07, 6.45) is 5.11. The number of carbonyl (C=O) groups excluding carboxylic acids is 2. The molecule has 3 aliphatic rings. The monoisotopic (exact) mass is 623 g/mol. The predicted octanol–water partition coefficient (Wildman–Crippen LogP) is 5.57. The van der Waals surface area contributed by atoms with E-state index in [2.05, 4.69) is 27.5 Å². The van der Waals surface area contributed by atoms with Crippen LogP contribution in [0.1, 0.15) is 56.8 Å². The van der Waals surface area contributed by atoms with E-state index in [0.29, 0.717) is 48.1 Å². The number of pyridine rings is 1. The summed E-state index contributed by atoms with van der Waals surface area (Å²) in [7, 11) is 2.12. The number of carbonyl (C=O) groups is 2. The van der Waals surface area contributed by atoms with Crippen LogP contribution in [0, 0.1) is 0 Å². The lowest BCUT2D eigenvalue weighted by atomic mass is 10.0. The van der Waals surface area contributed by atoms with E-state index in [1.807, 2.05) is 67.8 Å². The molecule has 7 rings (SSSR count). The van der Waals surface area contributed by atoms with Crippen LogP contribution in [0.5, 0.6) is 11.5 Å². The van der Waals surface area contributed by atoms with Crippen molar-refractivity contribution in [1.82, 2.24) is 20.1 Å². The highest BCUT2D eigenvalue weighted by Gasteiger charge is 2.32. The summed E-state index contributed by atoms with van der Waals surface area (Å²) < 4.78 is 14.1. The van der Waals surface area contributed by atoms with Crippen molar-refractivity contribution >= 4 is 39.4 Å². The summed E-state index contributed by atoms with van der Waals surface area (Å²) in [6.45, 7) is 8.36. The van der Waals surface area contributed by atoms with Crippen LogP contribution in [0.25, 0.3) is 27.4 Å². The zero-order chi connectivity index (χ0) is 32.2. The Labute approximate surface area is 268 Å². The maximum atomic E-state index is 13.9. The molecule has 10 nitrogen and oxygen atoms in total. The second kappa shape index (κ2) is 11.7. The van der Waals surface area contributed by atoms with Gasteiger partial charge in [0.15, 0.2) is 11.5 Å². The van der Waals surface area contributed by atoms with Gasteiger partial charge < -0.3 is 34.5 Å². The van der Waals surface area contributed by atoms with Gasteiger partial charge in [-0.25, -0.2) is 4.79 Å². The maximum absolute atomic E-state index is 13.9. The highest BCUT2D eigenvalue weighted by molar-refractivity contribution is 6.02. The molecule has 0 saturated carbocycles. The number of hydrogen-bond donors (Lipinski definition) is 2. The van der Waals surface area contributed by atoms with E-state index in [1.54, 1.807) is 12.3 Å². The molecule has 0 radical (unpaired) electrons. The fourth-order valence-electron chi connectivity index (χ4n) is 7.03. The number of hydrogen-bond acceptors (Lipinski definition) is 7. The SMILES string of the molecule is CN1CCCC1CCNC(=O)c1cn2c3c(c(N4CCC(NC(=O)OC(C)(C)C)C4)ccc3c1=O)Oc1cc3ccccc3cc1-2. The molecule has 46 heavy (non-hydrogen) atoms. The van der Waals surface area contributed by atoms with E-state index in [4.69, 9.17) is 9.47 Å². The summed E-state index contributed by atoms with van der Waals surface area (Å²) in [5.74, 6) is 0.833. The Morgan fingerprint density at radius 2 is 1.80 bits per heavy atom. The molecule has 3 aromatic carbocycles. The number of benzene rings is 3. The highest BCUT2D eigenvalue weighted by atomic mass is 16.6. The first kappa shape index (κ1) is 30.1. The van der Waals surface area contributed by atoms with E-state index in [0.717, 1.165) is 48.0 Å². The summed E-state index contributed by atoms with van der Waals surface area (Å²) in [4.78, 5) is 44.4. The Hall–Kier alpha value is -4.57. The van der Waals surface area contributed by atoms with E-state index >= 15 is 0 Å².